The molecule has 4 rings (SSSR count). The summed E-state index contributed by atoms with van der Waals surface area (Å²) in [5.41, 5.74) is 3.59. The van der Waals surface area contributed by atoms with Crippen molar-refractivity contribution in [3.8, 4) is 5.75 Å². The molecule has 3 aromatic carbocycles. The Hall–Kier alpha value is -3.84. The lowest BCUT2D eigenvalue weighted by Crippen LogP contribution is -2.23. The van der Waals surface area contributed by atoms with Crippen LogP contribution in [0, 0.1) is 0 Å². The minimum absolute atomic E-state index is 0.203. The van der Waals surface area contributed by atoms with Crippen LogP contribution in [-0.2, 0) is 6.61 Å². The van der Waals surface area contributed by atoms with Crippen LogP contribution >= 0.6 is 0 Å². The van der Waals surface area contributed by atoms with Crippen LogP contribution in [0.1, 0.15) is 22.3 Å². The second-order valence-electron chi connectivity index (χ2n) is 8.63. The average Bonchev–Trinajstić information content (AvgIpc) is 3.25. The maximum atomic E-state index is 12.9. The van der Waals surface area contributed by atoms with Crippen molar-refractivity contribution >= 4 is 28.3 Å². The number of amides is 1. The molecular formula is C27H31N5O2. The smallest absolute Gasteiger partial charge is 0.256 e. The van der Waals surface area contributed by atoms with E-state index in [1.807, 2.05) is 72.8 Å². The molecule has 0 bridgehead atoms. The summed E-state index contributed by atoms with van der Waals surface area (Å²) in [5, 5.41) is 11.0. The Kier molecular flexibility index (Phi) is 7.44. The normalized spacial score (nSPS) is 11.1. The van der Waals surface area contributed by atoms with Gasteiger partial charge in [-0.05, 0) is 75.1 Å². The minimum Gasteiger partial charge on any atom is -0.489 e. The van der Waals surface area contributed by atoms with E-state index in [-0.39, 0.29) is 5.91 Å². The van der Waals surface area contributed by atoms with Gasteiger partial charge in [0.1, 0.15) is 12.4 Å². The zero-order valence-electron chi connectivity index (χ0n) is 19.9. The summed E-state index contributed by atoms with van der Waals surface area (Å²) < 4.78 is 5.93. The van der Waals surface area contributed by atoms with E-state index in [2.05, 4.69) is 46.5 Å². The number of benzene rings is 3. The topological polar surface area (TPSA) is 73.5 Å². The molecule has 0 aliphatic carbocycles. The molecule has 7 heteroatoms. The Bertz CT molecular complexity index is 1220. The maximum absolute atomic E-state index is 12.9. The van der Waals surface area contributed by atoms with E-state index in [0.717, 1.165) is 47.4 Å². The average molecular weight is 458 g/mol. The van der Waals surface area contributed by atoms with Crippen LogP contribution in [0.25, 0.3) is 10.9 Å². The monoisotopic (exact) mass is 457 g/mol. The van der Waals surface area contributed by atoms with Crippen molar-refractivity contribution in [2.24, 2.45) is 0 Å². The quantitative estimate of drug-likeness (QED) is 0.358. The SMILES string of the molecule is CN(C)CCCN(C)c1ccc(C(=O)Nc2n[nH]c3ccc(OCc4ccccc4)cc23)cc1. The van der Waals surface area contributed by atoms with Crippen LogP contribution in [0.4, 0.5) is 11.5 Å². The number of nitrogens with one attached hydrogen (secondary N) is 2. The van der Waals surface area contributed by atoms with Crippen molar-refractivity contribution in [1.82, 2.24) is 15.1 Å². The fourth-order valence-electron chi connectivity index (χ4n) is 3.72. The molecule has 0 saturated carbocycles. The summed E-state index contributed by atoms with van der Waals surface area (Å²) in [4.78, 5) is 17.2. The number of carbonyl (C=O) groups excluding carboxylic acids is 1. The van der Waals surface area contributed by atoms with Gasteiger partial charge in [0.15, 0.2) is 5.82 Å². The molecule has 4 aromatic rings. The molecule has 0 radical (unpaired) electrons. The Morgan fingerprint density at radius 3 is 2.47 bits per heavy atom. The van der Waals surface area contributed by atoms with Crippen LogP contribution in [0.3, 0.4) is 0 Å². The molecule has 176 valence electrons. The first kappa shape index (κ1) is 23.3. The molecule has 0 aliphatic rings. The Morgan fingerprint density at radius 1 is 0.971 bits per heavy atom. The van der Waals surface area contributed by atoms with Gasteiger partial charge in [0.05, 0.1) is 5.52 Å². The number of nitrogens with zero attached hydrogens (tertiary/aromatic N) is 3. The summed E-state index contributed by atoms with van der Waals surface area (Å²) in [5.74, 6) is 0.996. The molecule has 1 amide bonds. The fraction of sp³-hybridized carbons (Fsp3) is 0.259. The third-order valence-corrected chi connectivity index (χ3v) is 5.68. The predicted octanol–water partition coefficient (Wildman–Crippen LogP) is 4.78. The van der Waals surface area contributed by atoms with Gasteiger partial charge in [0.25, 0.3) is 5.91 Å². The summed E-state index contributed by atoms with van der Waals surface area (Å²) >= 11 is 0. The van der Waals surface area contributed by atoms with Gasteiger partial charge in [-0.1, -0.05) is 30.3 Å². The lowest BCUT2D eigenvalue weighted by atomic mass is 10.1. The van der Waals surface area contributed by atoms with Gasteiger partial charge in [-0.2, -0.15) is 5.10 Å². The van der Waals surface area contributed by atoms with E-state index in [1.165, 1.54) is 0 Å². The van der Waals surface area contributed by atoms with Gasteiger partial charge in [-0.3, -0.25) is 9.89 Å². The van der Waals surface area contributed by atoms with Gasteiger partial charge in [-0.15, -0.1) is 0 Å². The van der Waals surface area contributed by atoms with Gasteiger partial charge < -0.3 is 19.9 Å². The number of anilines is 2. The number of hydrogen-bond acceptors (Lipinski definition) is 5. The minimum atomic E-state index is -0.203. The summed E-state index contributed by atoms with van der Waals surface area (Å²) in [6.07, 6.45) is 1.08. The number of rotatable bonds is 10. The van der Waals surface area contributed by atoms with Gasteiger partial charge >= 0.3 is 0 Å². The first-order valence-corrected chi connectivity index (χ1v) is 11.4. The van der Waals surface area contributed by atoms with Crippen molar-refractivity contribution in [3.05, 3.63) is 83.9 Å². The first-order valence-electron chi connectivity index (χ1n) is 11.4. The molecule has 0 atom stereocenters. The number of hydrogen-bond donors (Lipinski definition) is 2. The highest BCUT2D eigenvalue weighted by atomic mass is 16.5. The van der Waals surface area contributed by atoms with Crippen LogP contribution < -0.4 is 15.0 Å². The van der Waals surface area contributed by atoms with Crippen LogP contribution in [0.15, 0.2) is 72.8 Å². The van der Waals surface area contributed by atoms with E-state index in [4.69, 9.17) is 4.74 Å². The largest absolute Gasteiger partial charge is 0.489 e. The molecule has 1 heterocycles. The summed E-state index contributed by atoms with van der Waals surface area (Å²) in [6, 6.07) is 23.3. The molecule has 0 spiro atoms. The third-order valence-electron chi connectivity index (χ3n) is 5.68. The van der Waals surface area contributed by atoms with E-state index in [0.29, 0.717) is 18.0 Å². The van der Waals surface area contributed by atoms with Crippen LogP contribution in [0.5, 0.6) is 5.75 Å². The highest BCUT2D eigenvalue weighted by molar-refractivity contribution is 6.08. The van der Waals surface area contributed by atoms with Crippen LogP contribution in [-0.4, -0.2) is 55.2 Å². The lowest BCUT2D eigenvalue weighted by Gasteiger charge is -2.20. The van der Waals surface area contributed by atoms with E-state index < -0.39 is 0 Å². The highest BCUT2D eigenvalue weighted by Crippen LogP contribution is 2.26. The maximum Gasteiger partial charge on any atom is 0.256 e. The molecule has 34 heavy (non-hydrogen) atoms. The highest BCUT2D eigenvalue weighted by Gasteiger charge is 2.13. The van der Waals surface area contributed by atoms with Crippen molar-refractivity contribution in [2.75, 3.05) is 44.4 Å². The number of aromatic nitrogens is 2. The Morgan fingerprint density at radius 2 is 1.74 bits per heavy atom. The lowest BCUT2D eigenvalue weighted by molar-refractivity contribution is 0.102. The molecule has 7 nitrogen and oxygen atoms in total. The fourth-order valence-corrected chi connectivity index (χ4v) is 3.72. The summed E-state index contributed by atoms with van der Waals surface area (Å²) in [6.45, 7) is 2.47. The second-order valence-corrected chi connectivity index (χ2v) is 8.63. The molecular weight excluding hydrogens is 426 g/mol. The zero-order valence-corrected chi connectivity index (χ0v) is 19.9. The van der Waals surface area contributed by atoms with Gasteiger partial charge in [-0.25, -0.2) is 0 Å². The zero-order chi connectivity index (χ0) is 23.9. The third kappa shape index (κ3) is 5.94. The number of aromatic amines is 1. The second kappa shape index (κ2) is 10.9. The Balaban J connectivity index is 1.40. The van der Waals surface area contributed by atoms with E-state index in [1.54, 1.807) is 0 Å². The van der Waals surface area contributed by atoms with Gasteiger partial charge in [0, 0.05) is 30.2 Å². The van der Waals surface area contributed by atoms with Crippen LogP contribution in [0.2, 0.25) is 0 Å². The molecule has 0 unspecified atom stereocenters. The summed E-state index contributed by atoms with van der Waals surface area (Å²) in [7, 11) is 6.22. The first-order chi connectivity index (χ1) is 16.5. The number of H-pyrrole nitrogens is 1. The number of carbonyl (C=O) groups is 1. The Labute approximate surface area is 200 Å². The standard InChI is InChI=1S/C27H31N5O2/c1-31(2)16-7-17-32(3)22-12-10-21(11-13-22)27(33)28-26-24-18-23(14-15-25(24)29-30-26)34-19-20-8-5-4-6-9-20/h4-6,8-15,18H,7,16-17,19H2,1-3H3,(H2,28,29,30,33). The van der Waals surface area contributed by atoms with Crippen molar-refractivity contribution in [3.63, 3.8) is 0 Å². The number of fused-ring (bicyclic) bond motifs is 1. The van der Waals surface area contributed by atoms with Crippen molar-refractivity contribution in [1.29, 1.82) is 0 Å². The molecule has 1 aromatic heterocycles. The predicted molar refractivity (Wildman–Crippen MR) is 138 cm³/mol. The molecule has 0 saturated heterocycles. The molecule has 0 fully saturated rings. The van der Waals surface area contributed by atoms with Gasteiger partial charge in [0.2, 0.25) is 0 Å². The van der Waals surface area contributed by atoms with E-state index in [9.17, 15) is 4.79 Å². The van der Waals surface area contributed by atoms with Crippen molar-refractivity contribution in [2.45, 2.75) is 13.0 Å². The van der Waals surface area contributed by atoms with Crippen molar-refractivity contribution < 1.29 is 9.53 Å². The molecule has 2 N–H and O–H groups in total. The number of ether oxygens (including phenoxy) is 1. The molecule has 0 aliphatic heterocycles. The van der Waals surface area contributed by atoms with E-state index >= 15 is 0 Å².